The maximum Gasteiger partial charge on any atom is 0.125 e. The Morgan fingerprint density at radius 3 is 2.84 bits per heavy atom. The molecule has 0 amide bonds. The Kier molecular flexibility index (Phi) is 4.27. The molecule has 1 unspecified atom stereocenters. The van der Waals surface area contributed by atoms with Crippen LogP contribution in [0.2, 0.25) is 0 Å². The molecule has 0 fully saturated rings. The second-order valence-electron chi connectivity index (χ2n) is 4.34. The molecule has 0 spiro atoms. The molecular weight excluding hydrogens is 308 g/mol. The van der Waals surface area contributed by atoms with Crippen LogP contribution < -0.4 is 4.74 Å². The lowest BCUT2D eigenvalue weighted by Gasteiger charge is -2.17. The van der Waals surface area contributed by atoms with E-state index in [0.29, 0.717) is 12.3 Å². The summed E-state index contributed by atoms with van der Waals surface area (Å²) < 4.78 is 7.92. The summed E-state index contributed by atoms with van der Waals surface area (Å²) in [5, 5.41) is 14.8. The van der Waals surface area contributed by atoms with Crippen LogP contribution in [0.25, 0.3) is 0 Å². The summed E-state index contributed by atoms with van der Waals surface area (Å²) in [5.74, 6) is 0.684. The van der Waals surface area contributed by atoms with Gasteiger partial charge in [-0.15, -0.1) is 0 Å². The van der Waals surface area contributed by atoms with Gasteiger partial charge in [-0.05, 0) is 41.4 Å². The van der Waals surface area contributed by atoms with Crippen LogP contribution in [0.3, 0.4) is 0 Å². The number of hydrogen-bond acceptors (Lipinski definition) is 3. The maximum atomic E-state index is 10.6. The number of benzene rings is 1. The van der Waals surface area contributed by atoms with Crippen molar-refractivity contribution < 1.29 is 9.84 Å². The molecule has 0 saturated heterocycles. The van der Waals surface area contributed by atoms with Crippen molar-refractivity contribution in [2.24, 2.45) is 0 Å². The van der Waals surface area contributed by atoms with Gasteiger partial charge < -0.3 is 9.84 Å². The number of hydrogen-bond donors (Lipinski definition) is 1. The predicted molar refractivity (Wildman–Crippen MR) is 77.4 cm³/mol. The summed E-state index contributed by atoms with van der Waals surface area (Å²) in [7, 11) is 1.61. The van der Waals surface area contributed by atoms with E-state index in [9.17, 15) is 5.11 Å². The summed E-state index contributed by atoms with van der Waals surface area (Å²) in [6.45, 7) is 4.68. The highest BCUT2D eigenvalue weighted by Crippen LogP contribution is 2.34. The van der Waals surface area contributed by atoms with E-state index in [0.717, 1.165) is 21.3 Å². The first-order valence-corrected chi connectivity index (χ1v) is 6.91. The number of rotatable bonds is 4. The number of ether oxygens (including phenoxy) is 1. The number of methoxy groups -OCH3 is 1. The van der Waals surface area contributed by atoms with Gasteiger partial charge >= 0.3 is 0 Å². The lowest BCUT2D eigenvalue weighted by atomic mass is 10.0. The van der Waals surface area contributed by atoms with E-state index in [1.807, 2.05) is 32.0 Å². The Labute approximate surface area is 121 Å². The highest BCUT2D eigenvalue weighted by atomic mass is 79.9. The quantitative estimate of drug-likeness (QED) is 0.940. The van der Waals surface area contributed by atoms with E-state index in [-0.39, 0.29) is 0 Å². The third kappa shape index (κ3) is 2.67. The highest BCUT2D eigenvalue weighted by Gasteiger charge is 2.22. The fourth-order valence-electron chi connectivity index (χ4n) is 2.09. The third-order valence-corrected chi connectivity index (χ3v) is 3.69. The zero-order chi connectivity index (χ0) is 14.0. The molecule has 0 saturated carbocycles. The maximum absolute atomic E-state index is 10.6. The molecule has 2 rings (SSSR count). The molecular formula is C14H17BrN2O2. The van der Waals surface area contributed by atoms with Crippen LogP contribution in [-0.2, 0) is 6.54 Å². The van der Waals surface area contributed by atoms with Gasteiger partial charge in [0.1, 0.15) is 11.9 Å². The number of aliphatic hydroxyl groups excluding tert-OH is 1. The summed E-state index contributed by atoms with van der Waals surface area (Å²) in [6, 6.07) is 5.76. The number of aliphatic hydroxyl groups is 1. The monoisotopic (exact) mass is 324 g/mol. The smallest absolute Gasteiger partial charge is 0.125 e. The van der Waals surface area contributed by atoms with Crippen molar-refractivity contribution in [2.45, 2.75) is 26.5 Å². The number of halogens is 1. The minimum Gasteiger partial charge on any atom is -0.496 e. The van der Waals surface area contributed by atoms with Crippen LogP contribution in [0.5, 0.6) is 5.75 Å². The molecule has 19 heavy (non-hydrogen) atoms. The Morgan fingerprint density at radius 1 is 1.47 bits per heavy atom. The second-order valence-corrected chi connectivity index (χ2v) is 5.20. The van der Waals surface area contributed by atoms with Crippen molar-refractivity contribution in [3.8, 4) is 5.75 Å². The standard InChI is InChI=1S/C14H17BrN2O2/c1-4-17-13(11(15)8-16-17)14(18)10-6-5-9(2)7-12(10)19-3/h5-8,14,18H,4H2,1-3H3. The average molecular weight is 325 g/mol. The zero-order valence-corrected chi connectivity index (χ0v) is 12.8. The van der Waals surface area contributed by atoms with E-state index in [1.165, 1.54) is 0 Å². The van der Waals surface area contributed by atoms with Crippen LogP contribution in [0, 0.1) is 6.92 Å². The van der Waals surface area contributed by atoms with E-state index in [1.54, 1.807) is 18.0 Å². The molecule has 0 aliphatic heterocycles. The van der Waals surface area contributed by atoms with Gasteiger partial charge in [-0.2, -0.15) is 5.10 Å². The fraction of sp³-hybridized carbons (Fsp3) is 0.357. The van der Waals surface area contributed by atoms with Crippen LogP contribution in [0.4, 0.5) is 0 Å². The van der Waals surface area contributed by atoms with E-state index in [4.69, 9.17) is 4.74 Å². The van der Waals surface area contributed by atoms with E-state index >= 15 is 0 Å². The van der Waals surface area contributed by atoms with E-state index < -0.39 is 6.10 Å². The Hall–Kier alpha value is -1.33. The molecule has 0 radical (unpaired) electrons. The minimum absolute atomic E-state index is 0.684. The van der Waals surface area contributed by atoms with Gasteiger partial charge in [-0.25, -0.2) is 0 Å². The predicted octanol–water partition coefficient (Wildman–Crippen LogP) is 3.06. The van der Waals surface area contributed by atoms with Crippen molar-refractivity contribution in [1.82, 2.24) is 9.78 Å². The summed E-state index contributed by atoms with van der Waals surface area (Å²) in [6.07, 6.45) is 0.926. The van der Waals surface area contributed by atoms with Gasteiger partial charge in [0.2, 0.25) is 0 Å². The lowest BCUT2D eigenvalue weighted by molar-refractivity contribution is 0.202. The molecule has 1 aromatic heterocycles. The van der Waals surface area contributed by atoms with E-state index in [2.05, 4.69) is 21.0 Å². The second kappa shape index (κ2) is 5.75. The topological polar surface area (TPSA) is 47.3 Å². The molecule has 0 aliphatic rings. The van der Waals surface area contributed by atoms with Crippen molar-refractivity contribution in [3.05, 3.63) is 45.7 Å². The van der Waals surface area contributed by atoms with Gasteiger partial charge in [0.25, 0.3) is 0 Å². The largest absolute Gasteiger partial charge is 0.496 e. The van der Waals surface area contributed by atoms with Crippen molar-refractivity contribution >= 4 is 15.9 Å². The molecule has 2 aromatic rings. The molecule has 5 heteroatoms. The molecule has 1 atom stereocenters. The van der Waals surface area contributed by atoms with Crippen LogP contribution in [0.15, 0.2) is 28.9 Å². The van der Waals surface area contributed by atoms with Gasteiger partial charge in [0.15, 0.2) is 0 Å². The van der Waals surface area contributed by atoms with Gasteiger partial charge in [-0.3, -0.25) is 4.68 Å². The zero-order valence-electron chi connectivity index (χ0n) is 11.2. The SMILES string of the molecule is CCn1ncc(Br)c1C(O)c1ccc(C)cc1OC. The highest BCUT2D eigenvalue weighted by molar-refractivity contribution is 9.10. The third-order valence-electron chi connectivity index (χ3n) is 3.08. The molecule has 1 N–H and O–H groups in total. The van der Waals surface area contributed by atoms with Crippen LogP contribution >= 0.6 is 15.9 Å². The molecule has 1 aromatic carbocycles. The molecule has 1 heterocycles. The summed E-state index contributed by atoms with van der Waals surface area (Å²) in [4.78, 5) is 0. The molecule has 102 valence electrons. The van der Waals surface area contributed by atoms with Crippen molar-refractivity contribution in [3.63, 3.8) is 0 Å². The first-order chi connectivity index (χ1) is 9.08. The molecule has 0 aliphatic carbocycles. The van der Waals surface area contributed by atoms with Crippen molar-refractivity contribution in [1.29, 1.82) is 0 Å². The van der Waals surface area contributed by atoms with Crippen molar-refractivity contribution in [2.75, 3.05) is 7.11 Å². The fourth-order valence-corrected chi connectivity index (χ4v) is 2.60. The number of nitrogens with zero attached hydrogens (tertiary/aromatic N) is 2. The molecule has 0 bridgehead atoms. The summed E-state index contributed by atoms with van der Waals surface area (Å²) in [5.41, 5.74) is 2.57. The average Bonchev–Trinajstić information content (AvgIpc) is 2.78. The molecule has 4 nitrogen and oxygen atoms in total. The van der Waals surface area contributed by atoms with Gasteiger partial charge in [-0.1, -0.05) is 12.1 Å². The number of aryl methyl sites for hydroxylation is 2. The summed E-state index contributed by atoms with van der Waals surface area (Å²) >= 11 is 3.43. The first kappa shape index (κ1) is 14.1. The Bertz CT molecular complexity index is 581. The van der Waals surface area contributed by atoms with Crippen LogP contribution in [-0.4, -0.2) is 22.0 Å². The Morgan fingerprint density at radius 2 is 2.21 bits per heavy atom. The lowest BCUT2D eigenvalue weighted by Crippen LogP contribution is -2.10. The first-order valence-electron chi connectivity index (χ1n) is 6.12. The minimum atomic E-state index is -0.771. The van der Waals surface area contributed by atoms with Crippen LogP contribution in [0.1, 0.15) is 29.8 Å². The van der Waals surface area contributed by atoms with Gasteiger partial charge in [0, 0.05) is 12.1 Å². The normalized spacial score (nSPS) is 12.5. The van der Waals surface area contributed by atoms with Gasteiger partial charge in [0.05, 0.1) is 23.5 Å². The number of aromatic nitrogens is 2. The Balaban J connectivity index is 2.49.